The third-order valence-electron chi connectivity index (χ3n) is 5.41. The van der Waals surface area contributed by atoms with Crippen LogP contribution in [0.25, 0.3) is 11.1 Å². The fraction of sp³-hybridized carbons (Fsp3) is 0.346. The summed E-state index contributed by atoms with van der Waals surface area (Å²) < 4.78 is 43.0. The van der Waals surface area contributed by atoms with Crippen LogP contribution in [-0.2, 0) is 19.8 Å². The van der Waals surface area contributed by atoms with Crippen LogP contribution in [0.2, 0.25) is 5.02 Å². The summed E-state index contributed by atoms with van der Waals surface area (Å²) in [5.41, 5.74) is 0.655. The lowest BCUT2D eigenvalue weighted by atomic mass is 9.95. The number of carbonyl (C=O) groups is 1. The van der Waals surface area contributed by atoms with E-state index in [1.165, 1.54) is 14.0 Å². The lowest BCUT2D eigenvalue weighted by molar-refractivity contribution is -0.143. The van der Waals surface area contributed by atoms with Gasteiger partial charge in [0.1, 0.15) is 11.4 Å². The molecule has 1 heterocycles. The highest BCUT2D eigenvalue weighted by Gasteiger charge is 2.41. The number of hydrogen-bond donors (Lipinski definition) is 0. The zero-order chi connectivity index (χ0) is 24.6. The molecule has 0 aliphatic carbocycles. The van der Waals surface area contributed by atoms with Crippen molar-refractivity contribution in [2.45, 2.75) is 40.4 Å². The van der Waals surface area contributed by atoms with Crippen molar-refractivity contribution < 1.29 is 18.0 Å². The minimum absolute atomic E-state index is 0.0160. The van der Waals surface area contributed by atoms with E-state index in [1.54, 1.807) is 29.2 Å². The second-order valence-corrected chi connectivity index (χ2v) is 9.90. The van der Waals surface area contributed by atoms with E-state index >= 15 is 0 Å². The number of benzene rings is 2. The second-order valence-electron chi connectivity index (χ2n) is 9.47. The minimum atomic E-state index is -4.60. The Morgan fingerprint density at radius 1 is 1.00 bits per heavy atom. The first-order valence-corrected chi connectivity index (χ1v) is 11.0. The average molecular weight is 477 g/mol. The van der Waals surface area contributed by atoms with Crippen molar-refractivity contribution in [2.24, 2.45) is 12.5 Å². The monoisotopic (exact) mass is 476 g/mol. The zero-order valence-electron chi connectivity index (χ0n) is 19.4. The van der Waals surface area contributed by atoms with E-state index in [0.717, 1.165) is 10.1 Å². The Bertz CT molecular complexity index is 1130. The van der Waals surface area contributed by atoms with E-state index in [1.807, 2.05) is 51.1 Å². The standard InChI is InChI=1S/C26H28ClF3N2O/c1-17-21(19-11-13-20(27)14-12-19)22(31(5)23(17)26(28,29)30)24(33)32(16-25(2,3)4)15-18-9-7-6-8-10-18/h6-14H,15-16H2,1-5H3. The topological polar surface area (TPSA) is 25.2 Å². The highest BCUT2D eigenvalue weighted by molar-refractivity contribution is 6.30. The van der Waals surface area contributed by atoms with Crippen molar-refractivity contribution in [3.63, 3.8) is 0 Å². The summed E-state index contributed by atoms with van der Waals surface area (Å²) in [6.07, 6.45) is -4.60. The molecule has 1 amide bonds. The predicted molar refractivity (Wildman–Crippen MR) is 126 cm³/mol. The molecule has 0 bridgehead atoms. The van der Waals surface area contributed by atoms with Gasteiger partial charge in [-0.15, -0.1) is 0 Å². The molecule has 2 aromatic carbocycles. The molecule has 3 rings (SSSR count). The highest BCUT2D eigenvalue weighted by Crippen LogP contribution is 2.41. The number of aromatic nitrogens is 1. The van der Waals surface area contributed by atoms with E-state index in [2.05, 4.69) is 0 Å². The van der Waals surface area contributed by atoms with Crippen LogP contribution in [0.4, 0.5) is 13.2 Å². The van der Waals surface area contributed by atoms with Gasteiger partial charge in [-0.1, -0.05) is 74.8 Å². The van der Waals surface area contributed by atoms with Gasteiger partial charge in [0.25, 0.3) is 5.91 Å². The van der Waals surface area contributed by atoms with Gasteiger partial charge >= 0.3 is 6.18 Å². The van der Waals surface area contributed by atoms with Gasteiger partial charge in [-0.2, -0.15) is 13.2 Å². The van der Waals surface area contributed by atoms with Crippen LogP contribution >= 0.6 is 11.6 Å². The number of alkyl halides is 3. The number of halogens is 4. The smallest absolute Gasteiger partial charge is 0.335 e. The van der Waals surface area contributed by atoms with Crippen molar-refractivity contribution in [1.29, 1.82) is 0 Å². The van der Waals surface area contributed by atoms with E-state index < -0.39 is 17.8 Å². The third-order valence-corrected chi connectivity index (χ3v) is 5.66. The first-order valence-electron chi connectivity index (χ1n) is 10.6. The molecule has 3 aromatic rings. The maximum atomic E-state index is 14.0. The van der Waals surface area contributed by atoms with Gasteiger partial charge in [0, 0.05) is 30.7 Å². The molecule has 0 radical (unpaired) electrons. The van der Waals surface area contributed by atoms with Crippen molar-refractivity contribution in [1.82, 2.24) is 9.47 Å². The Morgan fingerprint density at radius 3 is 2.09 bits per heavy atom. The molecule has 0 aliphatic heterocycles. The van der Waals surface area contributed by atoms with Gasteiger partial charge in [-0.05, 0) is 41.2 Å². The summed E-state index contributed by atoms with van der Waals surface area (Å²) in [6, 6.07) is 16.0. The summed E-state index contributed by atoms with van der Waals surface area (Å²) >= 11 is 6.00. The summed E-state index contributed by atoms with van der Waals surface area (Å²) in [6.45, 7) is 8.07. The average Bonchev–Trinajstić information content (AvgIpc) is 2.97. The first kappa shape index (κ1) is 24.9. The minimum Gasteiger partial charge on any atom is -0.335 e. The lowest BCUT2D eigenvalue weighted by Crippen LogP contribution is -2.38. The van der Waals surface area contributed by atoms with Crippen molar-refractivity contribution in [3.05, 3.63) is 82.1 Å². The maximum absolute atomic E-state index is 14.0. The molecule has 0 N–H and O–H groups in total. The number of hydrogen-bond acceptors (Lipinski definition) is 1. The predicted octanol–water partition coefficient (Wildman–Crippen LogP) is 7.36. The van der Waals surface area contributed by atoms with E-state index in [-0.39, 0.29) is 22.2 Å². The lowest BCUT2D eigenvalue weighted by Gasteiger charge is -2.31. The third kappa shape index (κ3) is 5.61. The molecular formula is C26H28ClF3N2O. The van der Waals surface area contributed by atoms with Gasteiger partial charge in [0.2, 0.25) is 0 Å². The number of amides is 1. The summed E-state index contributed by atoms with van der Waals surface area (Å²) in [5, 5.41) is 0.467. The van der Waals surface area contributed by atoms with Crippen LogP contribution in [-0.4, -0.2) is 21.9 Å². The van der Waals surface area contributed by atoms with Crippen LogP contribution < -0.4 is 0 Å². The van der Waals surface area contributed by atoms with E-state index in [4.69, 9.17) is 11.6 Å². The largest absolute Gasteiger partial charge is 0.431 e. The summed E-state index contributed by atoms with van der Waals surface area (Å²) in [5.74, 6) is -0.445. The Kier molecular flexibility index (Phi) is 6.99. The molecule has 0 saturated heterocycles. The van der Waals surface area contributed by atoms with Gasteiger partial charge in [-0.3, -0.25) is 4.79 Å². The SMILES string of the molecule is Cc1c(-c2ccc(Cl)cc2)c(C(=O)N(Cc2ccccc2)CC(C)(C)C)n(C)c1C(F)(F)F. The molecule has 33 heavy (non-hydrogen) atoms. The van der Waals surface area contributed by atoms with Gasteiger partial charge < -0.3 is 9.47 Å². The second kappa shape index (κ2) is 9.26. The first-order chi connectivity index (χ1) is 15.3. The molecule has 7 heteroatoms. The molecule has 0 aliphatic rings. The van der Waals surface area contributed by atoms with Crippen molar-refractivity contribution in [2.75, 3.05) is 6.54 Å². The Morgan fingerprint density at radius 2 is 1.58 bits per heavy atom. The van der Waals surface area contributed by atoms with Gasteiger partial charge in [-0.25, -0.2) is 0 Å². The Hall–Kier alpha value is -2.73. The maximum Gasteiger partial charge on any atom is 0.431 e. The van der Waals surface area contributed by atoms with Crippen LogP contribution in [0, 0.1) is 12.3 Å². The molecule has 0 saturated carbocycles. The summed E-state index contributed by atoms with van der Waals surface area (Å²) in [7, 11) is 1.31. The van der Waals surface area contributed by atoms with Crippen LogP contribution in [0.5, 0.6) is 0 Å². The quantitative estimate of drug-likeness (QED) is 0.377. The molecular weight excluding hydrogens is 449 g/mol. The molecule has 1 aromatic heterocycles. The van der Waals surface area contributed by atoms with Crippen LogP contribution in [0.15, 0.2) is 54.6 Å². The molecule has 176 valence electrons. The van der Waals surface area contributed by atoms with Crippen molar-refractivity contribution >= 4 is 17.5 Å². The number of rotatable bonds is 5. The molecule has 0 unspecified atom stereocenters. The van der Waals surface area contributed by atoms with Gasteiger partial charge in [0.05, 0.1) is 0 Å². The van der Waals surface area contributed by atoms with E-state index in [0.29, 0.717) is 23.7 Å². The van der Waals surface area contributed by atoms with Crippen LogP contribution in [0.1, 0.15) is 48.1 Å². The Balaban J connectivity index is 2.20. The fourth-order valence-corrected chi connectivity index (χ4v) is 4.30. The van der Waals surface area contributed by atoms with Crippen molar-refractivity contribution in [3.8, 4) is 11.1 Å². The highest BCUT2D eigenvalue weighted by atomic mass is 35.5. The Labute approximate surface area is 197 Å². The molecule has 0 fully saturated rings. The van der Waals surface area contributed by atoms with Gasteiger partial charge in [0.15, 0.2) is 0 Å². The molecule has 0 atom stereocenters. The van der Waals surface area contributed by atoms with Crippen LogP contribution in [0.3, 0.4) is 0 Å². The summed E-state index contributed by atoms with van der Waals surface area (Å²) in [4.78, 5) is 15.5. The zero-order valence-corrected chi connectivity index (χ0v) is 20.2. The molecule has 3 nitrogen and oxygen atoms in total. The number of nitrogens with zero attached hydrogens (tertiary/aromatic N) is 2. The van der Waals surface area contributed by atoms with E-state index in [9.17, 15) is 18.0 Å². The fourth-order valence-electron chi connectivity index (χ4n) is 4.18. The number of carbonyl (C=O) groups excluding carboxylic acids is 1. The normalized spacial score (nSPS) is 12.2. The molecule has 0 spiro atoms.